The first kappa shape index (κ1) is 40.4. The Labute approximate surface area is 408 Å². The molecule has 11 aromatic rings. The van der Waals surface area contributed by atoms with Gasteiger partial charge in [-0.3, -0.25) is 0 Å². The summed E-state index contributed by atoms with van der Waals surface area (Å²) in [6, 6.07) is 91.6. The van der Waals surface area contributed by atoms with E-state index in [-0.39, 0.29) is 11.3 Å². The Bertz CT molecular complexity index is 3780. The third-order valence-electron chi connectivity index (χ3n) is 15.7. The number of nitrogens with zero attached hydrogens (tertiary/aromatic N) is 1. The number of hydrogen-bond acceptors (Lipinski definition) is 2. The van der Waals surface area contributed by atoms with Crippen molar-refractivity contribution in [1.82, 2.24) is 0 Å². The number of hydrogen-bond donors (Lipinski definition) is 0. The molecule has 0 aliphatic heterocycles. The van der Waals surface area contributed by atoms with E-state index in [1.807, 2.05) is 6.07 Å². The molecule has 0 radical (unpaired) electrons. The molecule has 330 valence electrons. The van der Waals surface area contributed by atoms with Crippen LogP contribution >= 0.6 is 0 Å². The highest BCUT2D eigenvalue weighted by Gasteiger charge is 2.49. The smallest absolute Gasteiger partial charge is 0.143 e. The zero-order valence-electron chi connectivity index (χ0n) is 38.5. The van der Waals surface area contributed by atoms with Crippen molar-refractivity contribution in [2.75, 3.05) is 4.90 Å². The average Bonchev–Trinajstić information content (AvgIpc) is 4.08. The molecule has 0 saturated carbocycles. The fourth-order valence-corrected chi connectivity index (χ4v) is 12.8. The van der Waals surface area contributed by atoms with E-state index < -0.39 is 5.41 Å². The highest BCUT2D eigenvalue weighted by Crippen LogP contribution is 2.59. The molecule has 1 atom stereocenters. The van der Waals surface area contributed by atoms with Gasteiger partial charge in [-0.05, 0) is 116 Å². The molecule has 0 spiro atoms. The van der Waals surface area contributed by atoms with Gasteiger partial charge < -0.3 is 9.32 Å². The van der Waals surface area contributed by atoms with Crippen LogP contribution in [0.4, 0.5) is 11.4 Å². The second kappa shape index (κ2) is 15.9. The van der Waals surface area contributed by atoms with E-state index in [0.717, 1.165) is 56.6 Å². The molecule has 2 nitrogen and oxygen atoms in total. The second-order valence-corrected chi connectivity index (χ2v) is 19.0. The van der Waals surface area contributed by atoms with E-state index in [9.17, 15) is 0 Å². The number of para-hydroxylation sites is 2. The Balaban J connectivity index is 0.931. The van der Waals surface area contributed by atoms with Crippen molar-refractivity contribution < 1.29 is 4.42 Å². The summed E-state index contributed by atoms with van der Waals surface area (Å²) < 4.78 is 6.62. The van der Waals surface area contributed by atoms with E-state index >= 15 is 0 Å². The topological polar surface area (TPSA) is 16.4 Å². The maximum Gasteiger partial charge on any atom is 0.143 e. The van der Waals surface area contributed by atoms with Crippen molar-refractivity contribution in [3.05, 3.63) is 312 Å². The van der Waals surface area contributed by atoms with Crippen molar-refractivity contribution in [3.8, 4) is 33.4 Å². The van der Waals surface area contributed by atoms with Gasteiger partial charge in [-0.25, -0.2) is 0 Å². The molecule has 0 saturated heterocycles. The summed E-state index contributed by atoms with van der Waals surface area (Å²) >= 11 is 0. The summed E-state index contributed by atoms with van der Waals surface area (Å²) in [6.07, 6.45) is 8.21. The number of benzene rings is 10. The van der Waals surface area contributed by atoms with E-state index in [2.05, 4.69) is 266 Å². The SMILES string of the molecule is C1=CC(C2(c3ccccc3)c3ccccc3-c3ccccc32)CC=C1N(c1ccc(C2(c3ccccc3)c3ccccc3-c3ccccc32)cc1)c1cccc(-c2cccc3c2oc2ccccc23)c1. The summed E-state index contributed by atoms with van der Waals surface area (Å²) in [5, 5.41) is 2.26. The van der Waals surface area contributed by atoms with Gasteiger partial charge in [0, 0.05) is 33.4 Å². The molecule has 70 heavy (non-hydrogen) atoms. The highest BCUT2D eigenvalue weighted by atomic mass is 16.3. The maximum absolute atomic E-state index is 6.62. The number of furan rings is 1. The molecule has 0 N–H and O–H groups in total. The Morgan fingerprint density at radius 1 is 0.400 bits per heavy atom. The molecule has 10 aromatic carbocycles. The zero-order valence-corrected chi connectivity index (χ0v) is 38.5. The molecular weight excluding hydrogens is 847 g/mol. The van der Waals surface area contributed by atoms with Gasteiger partial charge in [0.2, 0.25) is 0 Å². The normalized spacial score (nSPS) is 15.8. The highest BCUT2D eigenvalue weighted by molar-refractivity contribution is 6.09. The Kier molecular flexibility index (Phi) is 9.19. The Morgan fingerprint density at radius 3 is 1.56 bits per heavy atom. The van der Waals surface area contributed by atoms with Crippen LogP contribution in [0.3, 0.4) is 0 Å². The van der Waals surface area contributed by atoms with Crippen LogP contribution in [0.2, 0.25) is 0 Å². The average molecular weight is 894 g/mol. The van der Waals surface area contributed by atoms with Gasteiger partial charge in [-0.15, -0.1) is 0 Å². The van der Waals surface area contributed by atoms with Gasteiger partial charge in [-0.1, -0.05) is 231 Å². The molecule has 14 rings (SSSR count). The molecule has 2 heteroatoms. The van der Waals surface area contributed by atoms with E-state index in [0.29, 0.717) is 0 Å². The predicted octanol–water partition coefficient (Wildman–Crippen LogP) is 17.2. The van der Waals surface area contributed by atoms with Crippen molar-refractivity contribution >= 4 is 33.3 Å². The van der Waals surface area contributed by atoms with Gasteiger partial charge in [-0.2, -0.15) is 0 Å². The summed E-state index contributed by atoms with van der Waals surface area (Å²) in [7, 11) is 0. The monoisotopic (exact) mass is 893 g/mol. The quantitative estimate of drug-likeness (QED) is 0.151. The lowest BCUT2D eigenvalue weighted by Gasteiger charge is -2.41. The standard InChI is InChI=1S/C68H47NO/c1-3-20-47(21-4-1)67(61-32-12-7-25-55(61)56-26-8-13-33-62(56)67)49-37-41-51(42-38-49)69(53-24-17-19-46(45-53)54-30-18-31-60-59-29-11-16-36-65(59)70-66(54)60)52-43-39-50(40-44-52)68(48-22-5-2-6-23-48)63-34-14-9-27-57(63)58-28-10-15-35-64(58)68/h1-39,41-45,50H,40H2. The minimum atomic E-state index is -0.486. The maximum atomic E-state index is 6.62. The van der Waals surface area contributed by atoms with Crippen LogP contribution < -0.4 is 4.90 Å². The third kappa shape index (κ3) is 5.80. The molecule has 0 fully saturated rings. The third-order valence-corrected chi connectivity index (χ3v) is 15.7. The molecule has 3 aliphatic carbocycles. The Hall–Kier alpha value is -8.72. The first-order chi connectivity index (χ1) is 34.7. The zero-order chi connectivity index (χ0) is 46.2. The first-order valence-corrected chi connectivity index (χ1v) is 24.5. The molecule has 0 amide bonds. The second-order valence-electron chi connectivity index (χ2n) is 19.0. The molecule has 1 aromatic heterocycles. The predicted molar refractivity (Wildman–Crippen MR) is 289 cm³/mol. The first-order valence-electron chi connectivity index (χ1n) is 24.5. The molecule has 1 heterocycles. The summed E-state index contributed by atoms with van der Waals surface area (Å²) in [4.78, 5) is 2.45. The lowest BCUT2D eigenvalue weighted by Crippen LogP contribution is -2.36. The van der Waals surface area contributed by atoms with Crippen molar-refractivity contribution in [1.29, 1.82) is 0 Å². The number of fused-ring (bicyclic) bond motifs is 9. The van der Waals surface area contributed by atoms with E-state index in [4.69, 9.17) is 4.42 Å². The van der Waals surface area contributed by atoms with Crippen LogP contribution in [0, 0.1) is 5.92 Å². The molecule has 0 bridgehead atoms. The largest absolute Gasteiger partial charge is 0.455 e. The summed E-state index contributed by atoms with van der Waals surface area (Å²) in [5.41, 5.74) is 20.9. The lowest BCUT2D eigenvalue weighted by molar-refractivity contribution is 0.456. The minimum absolute atomic E-state index is 0.165. The van der Waals surface area contributed by atoms with Gasteiger partial charge in [0.15, 0.2) is 0 Å². The Morgan fingerprint density at radius 2 is 0.914 bits per heavy atom. The van der Waals surface area contributed by atoms with Gasteiger partial charge in [0.05, 0.1) is 10.8 Å². The number of anilines is 2. The summed E-state index contributed by atoms with van der Waals surface area (Å²) in [5.74, 6) is 0.165. The van der Waals surface area contributed by atoms with Crippen molar-refractivity contribution in [3.63, 3.8) is 0 Å². The van der Waals surface area contributed by atoms with Crippen LogP contribution in [0.25, 0.3) is 55.3 Å². The van der Waals surface area contributed by atoms with Gasteiger partial charge in [0.25, 0.3) is 0 Å². The van der Waals surface area contributed by atoms with Crippen molar-refractivity contribution in [2.24, 2.45) is 5.92 Å². The van der Waals surface area contributed by atoms with Crippen molar-refractivity contribution in [2.45, 2.75) is 17.3 Å². The fraction of sp³-hybridized carbons (Fsp3) is 0.0588. The molecular formula is C68H47NO. The van der Waals surface area contributed by atoms with Gasteiger partial charge in [0.1, 0.15) is 11.2 Å². The van der Waals surface area contributed by atoms with Crippen LogP contribution in [-0.2, 0) is 10.8 Å². The van der Waals surface area contributed by atoms with Crippen LogP contribution in [0.1, 0.15) is 45.4 Å². The van der Waals surface area contributed by atoms with E-state index in [1.54, 1.807) is 0 Å². The fourth-order valence-electron chi connectivity index (χ4n) is 12.8. The minimum Gasteiger partial charge on any atom is -0.455 e. The van der Waals surface area contributed by atoms with Gasteiger partial charge >= 0.3 is 0 Å². The molecule has 3 aliphatic rings. The van der Waals surface area contributed by atoms with E-state index in [1.165, 1.54) is 61.2 Å². The number of allylic oxidation sites excluding steroid dienone is 3. The lowest BCUT2D eigenvalue weighted by atomic mass is 9.62. The number of rotatable bonds is 8. The van der Waals surface area contributed by atoms with Crippen LogP contribution in [-0.4, -0.2) is 0 Å². The summed E-state index contributed by atoms with van der Waals surface area (Å²) in [6.45, 7) is 0. The van der Waals surface area contributed by atoms with Crippen LogP contribution in [0.15, 0.2) is 277 Å². The van der Waals surface area contributed by atoms with Crippen LogP contribution in [0.5, 0.6) is 0 Å². The molecule has 1 unspecified atom stereocenters.